The smallest absolute Gasteiger partial charge is 0.229 e. The first-order valence-electron chi connectivity index (χ1n) is 11.4. The van der Waals surface area contributed by atoms with Crippen molar-refractivity contribution in [2.24, 2.45) is 0 Å². The average molecular weight is 500 g/mol. The fourth-order valence-electron chi connectivity index (χ4n) is 4.68. The van der Waals surface area contributed by atoms with E-state index in [1.54, 1.807) is 23.5 Å². The van der Waals surface area contributed by atoms with Crippen LogP contribution >= 0.6 is 11.3 Å². The molecule has 2 aliphatic rings. The number of thiophene rings is 1. The van der Waals surface area contributed by atoms with Crippen LogP contribution < -0.4 is 4.90 Å². The van der Waals surface area contributed by atoms with Crippen LogP contribution in [0.1, 0.15) is 38.2 Å². The lowest BCUT2D eigenvalue weighted by Crippen LogP contribution is -2.45. The number of piperidine rings is 1. The summed E-state index contributed by atoms with van der Waals surface area (Å²) in [5.74, 6) is 0.565. The zero-order valence-electron chi connectivity index (χ0n) is 19.0. The highest BCUT2D eigenvalue weighted by atomic mass is 32.2. The number of ether oxygens (including phenoxy) is 2. The van der Waals surface area contributed by atoms with Gasteiger partial charge in [0.05, 0.1) is 28.3 Å². The quantitative estimate of drug-likeness (QED) is 0.420. The van der Waals surface area contributed by atoms with Gasteiger partial charge in [-0.2, -0.15) is 4.52 Å². The molecule has 11 heteroatoms. The van der Waals surface area contributed by atoms with E-state index < -0.39 is 15.6 Å². The van der Waals surface area contributed by atoms with Crippen LogP contribution in [0.15, 0.2) is 45.6 Å². The average Bonchev–Trinajstić information content (AvgIpc) is 3.59. The van der Waals surface area contributed by atoms with Gasteiger partial charge in [0.25, 0.3) is 0 Å². The maximum absolute atomic E-state index is 13.5. The van der Waals surface area contributed by atoms with E-state index in [2.05, 4.69) is 29.1 Å². The minimum Gasteiger partial charge on any atom is -0.355 e. The first-order valence-corrected chi connectivity index (χ1v) is 13.7. The molecule has 0 saturated carbocycles. The molecule has 34 heavy (non-hydrogen) atoms. The topological polar surface area (TPSA) is 98.9 Å². The summed E-state index contributed by atoms with van der Waals surface area (Å²) in [7, 11) is -3.89. The van der Waals surface area contributed by atoms with Gasteiger partial charge in [0, 0.05) is 25.9 Å². The molecule has 0 aliphatic carbocycles. The Hall–Kier alpha value is -2.60. The summed E-state index contributed by atoms with van der Waals surface area (Å²) >= 11 is 1.56. The number of anilines is 1. The second-order valence-corrected chi connectivity index (χ2v) is 11.8. The molecule has 1 aromatic carbocycles. The molecule has 4 aromatic rings. The van der Waals surface area contributed by atoms with Crippen molar-refractivity contribution in [1.29, 1.82) is 0 Å². The van der Waals surface area contributed by atoms with E-state index >= 15 is 0 Å². The number of hydrogen-bond donors (Lipinski definition) is 0. The van der Waals surface area contributed by atoms with Crippen molar-refractivity contribution in [3.8, 4) is 0 Å². The fraction of sp³-hybridized carbons (Fsp3) is 0.435. The maximum atomic E-state index is 13.5. The maximum Gasteiger partial charge on any atom is 0.229 e. The van der Waals surface area contributed by atoms with Crippen LogP contribution in [0.4, 0.5) is 5.82 Å². The molecule has 0 atom stereocenters. The zero-order valence-corrected chi connectivity index (χ0v) is 20.6. The number of sulfone groups is 1. The molecule has 2 aliphatic heterocycles. The molecule has 6 rings (SSSR count). The van der Waals surface area contributed by atoms with Crippen molar-refractivity contribution < 1.29 is 17.9 Å². The number of hydrogen-bond acceptors (Lipinski definition) is 9. The van der Waals surface area contributed by atoms with Gasteiger partial charge in [-0.25, -0.2) is 13.4 Å². The van der Waals surface area contributed by atoms with Gasteiger partial charge < -0.3 is 14.4 Å². The van der Waals surface area contributed by atoms with Gasteiger partial charge in [0.15, 0.2) is 17.3 Å². The number of rotatable bonds is 4. The lowest BCUT2D eigenvalue weighted by atomic mass is 10.0. The largest absolute Gasteiger partial charge is 0.355 e. The van der Waals surface area contributed by atoms with Crippen LogP contribution in [-0.2, 0) is 19.3 Å². The molecule has 178 valence electrons. The van der Waals surface area contributed by atoms with E-state index in [4.69, 9.17) is 14.5 Å². The summed E-state index contributed by atoms with van der Waals surface area (Å²) in [5, 5.41) is 10.1. The number of benzene rings is 1. The molecule has 1 spiro atoms. The number of nitrogens with zero attached hydrogens (tertiary/aromatic N) is 5. The monoisotopic (exact) mass is 499 g/mol. The lowest BCUT2D eigenvalue weighted by Gasteiger charge is -2.38. The molecule has 0 bridgehead atoms. The van der Waals surface area contributed by atoms with Crippen molar-refractivity contribution in [2.45, 2.75) is 48.3 Å². The summed E-state index contributed by atoms with van der Waals surface area (Å²) in [4.78, 5) is 7.19. The Bertz CT molecular complexity index is 1460. The van der Waals surface area contributed by atoms with Crippen LogP contribution in [0.5, 0.6) is 0 Å². The van der Waals surface area contributed by atoms with E-state index in [9.17, 15) is 8.42 Å². The van der Waals surface area contributed by atoms with Crippen LogP contribution in [0.25, 0.3) is 15.9 Å². The molecule has 2 saturated heterocycles. The van der Waals surface area contributed by atoms with Crippen LogP contribution in [0.2, 0.25) is 0 Å². The predicted octanol–water partition coefficient (Wildman–Crippen LogP) is 3.64. The lowest BCUT2D eigenvalue weighted by molar-refractivity contribution is -0.169. The minimum absolute atomic E-state index is 0.130. The third-order valence-electron chi connectivity index (χ3n) is 6.65. The van der Waals surface area contributed by atoms with Crippen LogP contribution in [-0.4, -0.2) is 60.3 Å². The van der Waals surface area contributed by atoms with Crippen LogP contribution in [0.3, 0.4) is 0 Å². The summed E-state index contributed by atoms with van der Waals surface area (Å²) in [6.45, 7) is 6.80. The molecule has 9 nitrogen and oxygen atoms in total. The van der Waals surface area contributed by atoms with E-state index in [1.165, 1.54) is 4.52 Å². The Morgan fingerprint density at radius 2 is 1.76 bits per heavy atom. The Morgan fingerprint density at radius 3 is 2.44 bits per heavy atom. The van der Waals surface area contributed by atoms with Gasteiger partial charge in [0.2, 0.25) is 14.9 Å². The van der Waals surface area contributed by atoms with Crippen molar-refractivity contribution in [2.75, 3.05) is 31.2 Å². The highest BCUT2D eigenvalue weighted by Gasteiger charge is 2.40. The van der Waals surface area contributed by atoms with E-state index in [-0.39, 0.29) is 15.6 Å². The molecule has 0 unspecified atom stereocenters. The molecule has 0 N–H and O–H groups in total. The first-order chi connectivity index (χ1) is 16.4. The number of fused-ring (bicyclic) bond motifs is 3. The van der Waals surface area contributed by atoms with E-state index in [0.29, 0.717) is 32.2 Å². The Labute approximate surface area is 201 Å². The van der Waals surface area contributed by atoms with Crippen molar-refractivity contribution in [3.63, 3.8) is 0 Å². The summed E-state index contributed by atoms with van der Waals surface area (Å²) in [6, 6.07) is 8.87. The zero-order chi connectivity index (χ0) is 23.5. The second-order valence-electron chi connectivity index (χ2n) is 9.02. The Balaban J connectivity index is 1.43. The predicted molar refractivity (Wildman–Crippen MR) is 128 cm³/mol. The summed E-state index contributed by atoms with van der Waals surface area (Å²) in [5.41, 5.74) is 2.11. The fourth-order valence-corrected chi connectivity index (χ4v) is 6.81. The Morgan fingerprint density at radius 1 is 1.06 bits per heavy atom. The summed E-state index contributed by atoms with van der Waals surface area (Å²) < 4.78 is 41.2. The van der Waals surface area contributed by atoms with Gasteiger partial charge >= 0.3 is 0 Å². The standard InChI is InChI=1S/C23H25N5O4S2/c1-15(2)16-3-5-17(6-4-16)34(29,30)22-21-24-20(19-18(7-14-33-19)28(21)26-25-22)27-10-8-23(9-11-27)31-12-13-32-23/h3-7,14-15H,8-13H2,1-2H3. The first kappa shape index (κ1) is 21.9. The molecule has 0 radical (unpaired) electrons. The highest BCUT2D eigenvalue weighted by molar-refractivity contribution is 7.91. The van der Waals surface area contributed by atoms with Gasteiger partial charge in [0.1, 0.15) is 0 Å². The molecule has 3 aromatic heterocycles. The van der Waals surface area contributed by atoms with Crippen molar-refractivity contribution in [1.82, 2.24) is 19.8 Å². The van der Waals surface area contributed by atoms with Gasteiger partial charge in [-0.3, -0.25) is 0 Å². The third kappa shape index (κ3) is 3.41. The number of aromatic nitrogens is 4. The second kappa shape index (κ2) is 7.98. The van der Waals surface area contributed by atoms with Gasteiger partial charge in [-0.05, 0) is 35.1 Å². The molecule has 0 amide bonds. The minimum atomic E-state index is -3.89. The molecule has 2 fully saturated rings. The SMILES string of the molecule is CC(C)c1ccc(S(=O)(=O)c2nnn3c2nc(N2CCC4(CC2)OCCO4)c2sccc23)cc1. The highest BCUT2D eigenvalue weighted by Crippen LogP contribution is 2.37. The van der Waals surface area contributed by atoms with Crippen molar-refractivity contribution in [3.05, 3.63) is 41.3 Å². The van der Waals surface area contributed by atoms with Crippen LogP contribution in [0, 0.1) is 0 Å². The normalized spacial score (nSPS) is 18.6. The molecule has 5 heterocycles. The molecular weight excluding hydrogens is 474 g/mol. The van der Waals surface area contributed by atoms with E-state index in [1.807, 2.05) is 23.6 Å². The van der Waals surface area contributed by atoms with E-state index in [0.717, 1.165) is 34.4 Å². The summed E-state index contributed by atoms with van der Waals surface area (Å²) in [6.07, 6.45) is 1.47. The van der Waals surface area contributed by atoms with Gasteiger partial charge in [-0.1, -0.05) is 31.2 Å². The third-order valence-corrected chi connectivity index (χ3v) is 9.22. The van der Waals surface area contributed by atoms with Gasteiger partial charge in [-0.15, -0.1) is 16.4 Å². The van der Waals surface area contributed by atoms with Crippen molar-refractivity contribution >= 4 is 42.9 Å². The molecular formula is C23H25N5O4S2. The Kier molecular flexibility index (Phi) is 5.14.